The first-order chi connectivity index (χ1) is 12.8. The number of nitrogens with one attached hydrogen (secondary N) is 1. The normalized spacial score (nSPS) is 12.5. The lowest BCUT2D eigenvalue weighted by molar-refractivity contribution is 0.174. The van der Waals surface area contributed by atoms with E-state index in [0.717, 1.165) is 43.4 Å². The highest BCUT2D eigenvalue weighted by molar-refractivity contribution is 5.87. The Morgan fingerprint density at radius 2 is 1.85 bits per heavy atom. The zero-order chi connectivity index (χ0) is 17.8. The van der Waals surface area contributed by atoms with Crippen LogP contribution in [0.15, 0.2) is 54.6 Å². The number of hydrogen-bond donors (Lipinski definition) is 1. The van der Waals surface area contributed by atoms with Crippen LogP contribution in [-0.2, 0) is 13.1 Å². The van der Waals surface area contributed by atoms with Crippen LogP contribution in [0.2, 0.25) is 0 Å². The summed E-state index contributed by atoms with van der Waals surface area (Å²) in [7, 11) is 0. The Labute approximate surface area is 153 Å². The maximum atomic E-state index is 5.98. The van der Waals surface area contributed by atoms with Crippen molar-refractivity contribution in [2.45, 2.75) is 26.4 Å². The molecular formula is C22H23NO3. The van der Waals surface area contributed by atoms with Gasteiger partial charge in [-0.2, -0.15) is 0 Å². The van der Waals surface area contributed by atoms with Crippen molar-refractivity contribution in [2.75, 3.05) is 13.4 Å². The molecule has 0 saturated carbocycles. The summed E-state index contributed by atoms with van der Waals surface area (Å²) in [4.78, 5) is 0. The van der Waals surface area contributed by atoms with E-state index >= 15 is 0 Å². The Morgan fingerprint density at radius 3 is 2.77 bits per heavy atom. The molecule has 0 unspecified atom stereocenters. The third kappa shape index (κ3) is 3.46. The molecule has 0 atom stereocenters. The van der Waals surface area contributed by atoms with E-state index < -0.39 is 0 Å². The second kappa shape index (κ2) is 7.67. The molecule has 0 saturated heterocycles. The molecule has 0 aromatic heterocycles. The molecular weight excluding hydrogens is 326 g/mol. The lowest BCUT2D eigenvalue weighted by atomic mass is 10.0. The number of ether oxygens (including phenoxy) is 3. The zero-order valence-corrected chi connectivity index (χ0v) is 15.0. The molecule has 1 aliphatic rings. The average Bonchev–Trinajstić information content (AvgIpc) is 3.15. The first-order valence-corrected chi connectivity index (χ1v) is 9.08. The van der Waals surface area contributed by atoms with Crippen LogP contribution in [0.5, 0.6) is 17.2 Å². The van der Waals surface area contributed by atoms with Crippen LogP contribution in [0.1, 0.15) is 24.5 Å². The minimum atomic E-state index is 0.306. The topological polar surface area (TPSA) is 39.7 Å². The van der Waals surface area contributed by atoms with Crippen LogP contribution in [-0.4, -0.2) is 13.4 Å². The quantitative estimate of drug-likeness (QED) is 0.674. The highest BCUT2D eigenvalue weighted by Gasteiger charge is 2.13. The summed E-state index contributed by atoms with van der Waals surface area (Å²) in [5.41, 5.74) is 2.38. The number of hydrogen-bond acceptors (Lipinski definition) is 4. The van der Waals surface area contributed by atoms with Gasteiger partial charge in [0.25, 0.3) is 0 Å². The van der Waals surface area contributed by atoms with Crippen molar-refractivity contribution >= 4 is 10.8 Å². The van der Waals surface area contributed by atoms with Crippen molar-refractivity contribution in [1.29, 1.82) is 0 Å². The van der Waals surface area contributed by atoms with Crippen LogP contribution < -0.4 is 19.5 Å². The predicted octanol–water partition coefficient (Wildman–Crippen LogP) is 4.65. The Morgan fingerprint density at radius 1 is 0.962 bits per heavy atom. The van der Waals surface area contributed by atoms with Gasteiger partial charge in [0, 0.05) is 18.7 Å². The van der Waals surface area contributed by atoms with Gasteiger partial charge in [-0.05, 0) is 41.0 Å². The van der Waals surface area contributed by atoms with Gasteiger partial charge in [0.05, 0.1) is 6.61 Å². The van der Waals surface area contributed by atoms with Gasteiger partial charge < -0.3 is 19.5 Å². The minimum Gasteiger partial charge on any atom is -0.493 e. The molecule has 3 aromatic rings. The van der Waals surface area contributed by atoms with Crippen LogP contribution in [0, 0.1) is 0 Å². The van der Waals surface area contributed by atoms with Gasteiger partial charge in [-0.15, -0.1) is 0 Å². The van der Waals surface area contributed by atoms with E-state index in [2.05, 4.69) is 54.7 Å². The molecule has 1 heterocycles. The van der Waals surface area contributed by atoms with Crippen LogP contribution in [0.4, 0.5) is 0 Å². The summed E-state index contributed by atoms with van der Waals surface area (Å²) < 4.78 is 16.8. The van der Waals surface area contributed by atoms with Crippen molar-refractivity contribution in [2.24, 2.45) is 0 Å². The Bertz CT molecular complexity index is 907. The fourth-order valence-corrected chi connectivity index (χ4v) is 3.23. The molecule has 0 fully saturated rings. The zero-order valence-electron chi connectivity index (χ0n) is 15.0. The molecule has 1 N–H and O–H groups in total. The molecule has 134 valence electrons. The van der Waals surface area contributed by atoms with Gasteiger partial charge in [-0.3, -0.25) is 0 Å². The summed E-state index contributed by atoms with van der Waals surface area (Å²) in [6.45, 7) is 4.66. The fraction of sp³-hybridized carbons (Fsp3) is 0.273. The molecule has 0 radical (unpaired) electrons. The highest BCUT2D eigenvalue weighted by Crippen LogP contribution is 2.32. The van der Waals surface area contributed by atoms with Gasteiger partial charge in [0.2, 0.25) is 6.79 Å². The Hall–Kier alpha value is -2.72. The van der Waals surface area contributed by atoms with Crippen molar-refractivity contribution in [1.82, 2.24) is 5.32 Å². The maximum absolute atomic E-state index is 5.98. The third-order valence-corrected chi connectivity index (χ3v) is 4.53. The van der Waals surface area contributed by atoms with E-state index in [-0.39, 0.29) is 0 Å². The maximum Gasteiger partial charge on any atom is 0.231 e. The fourth-order valence-electron chi connectivity index (χ4n) is 3.23. The number of rotatable bonds is 7. The lowest BCUT2D eigenvalue weighted by Gasteiger charge is -2.15. The lowest BCUT2D eigenvalue weighted by Crippen LogP contribution is -2.14. The third-order valence-electron chi connectivity index (χ3n) is 4.53. The molecule has 0 bridgehead atoms. The van der Waals surface area contributed by atoms with Crippen LogP contribution in [0.25, 0.3) is 10.8 Å². The van der Waals surface area contributed by atoms with Crippen LogP contribution in [0.3, 0.4) is 0 Å². The van der Waals surface area contributed by atoms with E-state index in [4.69, 9.17) is 14.2 Å². The molecule has 4 rings (SSSR count). The average molecular weight is 349 g/mol. The molecule has 3 aromatic carbocycles. The monoisotopic (exact) mass is 349 g/mol. The van der Waals surface area contributed by atoms with Crippen molar-refractivity contribution in [3.63, 3.8) is 0 Å². The van der Waals surface area contributed by atoms with Crippen molar-refractivity contribution < 1.29 is 14.2 Å². The molecule has 26 heavy (non-hydrogen) atoms. The second-order valence-corrected chi connectivity index (χ2v) is 6.40. The van der Waals surface area contributed by atoms with Gasteiger partial charge in [0.1, 0.15) is 5.75 Å². The van der Waals surface area contributed by atoms with Gasteiger partial charge in [-0.1, -0.05) is 43.3 Å². The molecule has 4 heteroatoms. The summed E-state index contributed by atoms with van der Waals surface area (Å²) in [6, 6.07) is 18.7. The van der Waals surface area contributed by atoms with Crippen LogP contribution >= 0.6 is 0 Å². The molecule has 1 aliphatic heterocycles. The first kappa shape index (κ1) is 16.7. The highest BCUT2D eigenvalue weighted by atomic mass is 16.7. The summed E-state index contributed by atoms with van der Waals surface area (Å²) in [6.07, 6.45) is 0.997. The standard InChI is InChI=1S/C22H23NO3/c1-2-11-24-20-10-8-17-5-3-4-6-18(17)19(20)14-23-13-16-7-9-21-22(12-16)26-15-25-21/h3-10,12,23H,2,11,13-15H2,1H3. The van der Waals surface area contributed by atoms with E-state index in [1.807, 2.05) is 12.1 Å². The molecule has 0 spiro atoms. The Balaban J connectivity index is 1.52. The molecule has 4 nitrogen and oxygen atoms in total. The van der Waals surface area contributed by atoms with E-state index in [1.165, 1.54) is 21.9 Å². The molecule has 0 amide bonds. The van der Waals surface area contributed by atoms with E-state index in [1.54, 1.807) is 0 Å². The number of fused-ring (bicyclic) bond motifs is 2. The Kier molecular flexibility index (Phi) is 4.93. The van der Waals surface area contributed by atoms with E-state index in [0.29, 0.717) is 6.79 Å². The predicted molar refractivity (Wildman–Crippen MR) is 103 cm³/mol. The van der Waals surface area contributed by atoms with Crippen molar-refractivity contribution in [3.8, 4) is 17.2 Å². The second-order valence-electron chi connectivity index (χ2n) is 6.40. The SMILES string of the molecule is CCCOc1ccc2ccccc2c1CNCc1ccc2c(c1)OCO2. The number of benzene rings is 3. The molecule has 0 aliphatic carbocycles. The first-order valence-electron chi connectivity index (χ1n) is 9.08. The van der Waals surface area contributed by atoms with Gasteiger partial charge >= 0.3 is 0 Å². The summed E-state index contributed by atoms with van der Waals surface area (Å²) >= 11 is 0. The smallest absolute Gasteiger partial charge is 0.231 e. The summed E-state index contributed by atoms with van der Waals surface area (Å²) in [5, 5.41) is 6.01. The van der Waals surface area contributed by atoms with Gasteiger partial charge in [0.15, 0.2) is 11.5 Å². The minimum absolute atomic E-state index is 0.306. The largest absolute Gasteiger partial charge is 0.493 e. The summed E-state index contributed by atoms with van der Waals surface area (Å²) in [5.74, 6) is 2.60. The van der Waals surface area contributed by atoms with Gasteiger partial charge in [-0.25, -0.2) is 0 Å². The van der Waals surface area contributed by atoms with Crippen molar-refractivity contribution in [3.05, 3.63) is 65.7 Å². The van der Waals surface area contributed by atoms with E-state index in [9.17, 15) is 0 Å².